The Balaban J connectivity index is 1.56. The zero-order valence-electron chi connectivity index (χ0n) is 20.1. The summed E-state index contributed by atoms with van der Waals surface area (Å²) in [5, 5.41) is 17.6. The second kappa shape index (κ2) is 10.0. The van der Waals surface area contributed by atoms with Gasteiger partial charge in [0, 0.05) is 11.9 Å². The molecule has 0 unspecified atom stereocenters. The Hall–Kier alpha value is -4.13. The molecule has 0 saturated heterocycles. The topological polar surface area (TPSA) is 93.5 Å². The monoisotopic (exact) mass is 471 g/mol. The van der Waals surface area contributed by atoms with Crippen molar-refractivity contribution in [1.29, 1.82) is 0 Å². The summed E-state index contributed by atoms with van der Waals surface area (Å²) in [4.78, 5) is 23.3. The van der Waals surface area contributed by atoms with E-state index in [1.165, 1.54) is 0 Å². The maximum absolute atomic E-state index is 12.0. The van der Waals surface area contributed by atoms with Gasteiger partial charge in [-0.05, 0) is 60.7 Å². The standard InChI is InChI=1S/C28H29N3O4/c1-28(2,3)35-27(34)29-16-19-7-6-10-20(13-19)22-11-12-23-17-30-31(25(23)14-22)18-24-9-5-4-8-21(24)15-26(32)33/h4-14,17H,15-16,18H2,1-3H3,(H,29,34)(H,32,33). The molecule has 0 saturated carbocycles. The van der Waals surface area contributed by atoms with E-state index in [-0.39, 0.29) is 6.42 Å². The fourth-order valence-corrected chi connectivity index (χ4v) is 3.93. The first-order valence-electron chi connectivity index (χ1n) is 11.5. The van der Waals surface area contributed by atoms with Crippen molar-refractivity contribution in [3.63, 3.8) is 0 Å². The summed E-state index contributed by atoms with van der Waals surface area (Å²) < 4.78 is 7.21. The number of carbonyl (C=O) groups is 2. The van der Waals surface area contributed by atoms with Crippen LogP contribution >= 0.6 is 0 Å². The Bertz CT molecular complexity index is 1370. The highest BCUT2D eigenvalue weighted by atomic mass is 16.6. The lowest BCUT2D eigenvalue weighted by atomic mass is 10.0. The van der Waals surface area contributed by atoms with E-state index in [4.69, 9.17) is 4.74 Å². The molecule has 1 heterocycles. The molecule has 3 aromatic carbocycles. The van der Waals surface area contributed by atoms with Crippen molar-refractivity contribution < 1.29 is 19.4 Å². The molecule has 4 rings (SSSR count). The Kier molecular flexibility index (Phi) is 6.87. The van der Waals surface area contributed by atoms with Gasteiger partial charge in [-0.2, -0.15) is 5.10 Å². The van der Waals surface area contributed by atoms with Crippen LogP contribution in [0.3, 0.4) is 0 Å². The van der Waals surface area contributed by atoms with Gasteiger partial charge in [0.05, 0.1) is 24.7 Å². The maximum Gasteiger partial charge on any atom is 0.407 e. The molecule has 4 aromatic rings. The van der Waals surface area contributed by atoms with Gasteiger partial charge in [-0.1, -0.05) is 54.6 Å². The lowest BCUT2D eigenvalue weighted by Crippen LogP contribution is -2.32. The predicted molar refractivity (Wildman–Crippen MR) is 135 cm³/mol. The summed E-state index contributed by atoms with van der Waals surface area (Å²) in [7, 11) is 0. The molecule has 35 heavy (non-hydrogen) atoms. The fraction of sp³-hybridized carbons (Fsp3) is 0.250. The van der Waals surface area contributed by atoms with E-state index >= 15 is 0 Å². The number of alkyl carbamates (subject to hydrolysis) is 1. The highest BCUT2D eigenvalue weighted by Gasteiger charge is 2.16. The summed E-state index contributed by atoms with van der Waals surface area (Å²) in [6.07, 6.45) is 1.35. The van der Waals surface area contributed by atoms with Gasteiger partial charge in [0.15, 0.2) is 0 Å². The number of ether oxygens (including phenoxy) is 1. The minimum absolute atomic E-state index is 0.0231. The van der Waals surface area contributed by atoms with Crippen molar-refractivity contribution in [1.82, 2.24) is 15.1 Å². The second-order valence-corrected chi connectivity index (χ2v) is 9.47. The lowest BCUT2D eigenvalue weighted by molar-refractivity contribution is -0.136. The molecule has 1 aromatic heterocycles. The van der Waals surface area contributed by atoms with E-state index in [0.29, 0.717) is 13.1 Å². The molecule has 0 aliphatic rings. The zero-order chi connectivity index (χ0) is 25.0. The molecule has 0 aliphatic carbocycles. The summed E-state index contributed by atoms with van der Waals surface area (Å²) in [6.45, 7) is 6.34. The molecule has 7 heteroatoms. The molecule has 0 fully saturated rings. The summed E-state index contributed by atoms with van der Waals surface area (Å²) in [5.74, 6) is -0.855. The number of hydrogen-bond donors (Lipinski definition) is 2. The number of carboxylic acid groups (broad SMARTS) is 1. The minimum Gasteiger partial charge on any atom is -0.481 e. The molecule has 180 valence electrons. The average Bonchev–Trinajstić information content (AvgIpc) is 3.20. The third kappa shape index (κ3) is 6.26. The molecule has 0 bridgehead atoms. The van der Waals surface area contributed by atoms with Crippen LogP contribution < -0.4 is 5.32 Å². The van der Waals surface area contributed by atoms with Gasteiger partial charge < -0.3 is 15.2 Å². The second-order valence-electron chi connectivity index (χ2n) is 9.47. The van der Waals surface area contributed by atoms with Crippen LogP contribution in [0, 0.1) is 0 Å². The molecule has 0 atom stereocenters. The molecule has 7 nitrogen and oxygen atoms in total. The molecule has 0 spiro atoms. The lowest BCUT2D eigenvalue weighted by Gasteiger charge is -2.19. The number of fused-ring (bicyclic) bond motifs is 1. The predicted octanol–water partition coefficient (Wildman–Crippen LogP) is 5.40. The SMILES string of the molecule is CC(C)(C)OC(=O)NCc1cccc(-c2ccc3cnn(Cc4ccccc4CC(=O)O)c3c2)c1. The number of nitrogens with zero attached hydrogens (tertiary/aromatic N) is 2. The number of amides is 1. The van der Waals surface area contributed by atoms with Crippen molar-refractivity contribution in [3.05, 3.63) is 89.6 Å². The Morgan fingerprint density at radius 2 is 1.71 bits per heavy atom. The Morgan fingerprint density at radius 3 is 2.46 bits per heavy atom. The van der Waals surface area contributed by atoms with Crippen LogP contribution in [-0.2, 0) is 29.0 Å². The average molecular weight is 472 g/mol. The van der Waals surface area contributed by atoms with Crippen molar-refractivity contribution in [2.75, 3.05) is 0 Å². The normalized spacial score (nSPS) is 11.4. The fourth-order valence-electron chi connectivity index (χ4n) is 3.93. The van der Waals surface area contributed by atoms with Gasteiger partial charge in [-0.15, -0.1) is 0 Å². The van der Waals surface area contributed by atoms with Crippen LogP contribution in [0.1, 0.15) is 37.5 Å². The quantitative estimate of drug-likeness (QED) is 0.376. The van der Waals surface area contributed by atoms with Crippen molar-refractivity contribution in [2.24, 2.45) is 0 Å². The summed E-state index contributed by atoms with van der Waals surface area (Å²) >= 11 is 0. The third-order valence-corrected chi connectivity index (χ3v) is 5.52. The van der Waals surface area contributed by atoms with E-state index in [0.717, 1.165) is 38.7 Å². The maximum atomic E-state index is 12.0. The van der Waals surface area contributed by atoms with E-state index in [1.54, 1.807) is 0 Å². The van der Waals surface area contributed by atoms with E-state index in [1.807, 2.05) is 92.3 Å². The molecule has 1 amide bonds. The highest BCUT2D eigenvalue weighted by molar-refractivity contribution is 5.84. The summed E-state index contributed by atoms with van der Waals surface area (Å²) in [6, 6.07) is 21.7. The van der Waals surface area contributed by atoms with Crippen LogP contribution in [0.5, 0.6) is 0 Å². The van der Waals surface area contributed by atoms with Crippen molar-refractivity contribution in [2.45, 2.75) is 45.9 Å². The third-order valence-electron chi connectivity index (χ3n) is 5.52. The minimum atomic E-state index is -0.855. The number of carbonyl (C=O) groups excluding carboxylic acids is 1. The molecule has 2 N–H and O–H groups in total. The smallest absolute Gasteiger partial charge is 0.407 e. The van der Waals surface area contributed by atoms with Crippen molar-refractivity contribution >= 4 is 23.0 Å². The van der Waals surface area contributed by atoms with E-state index in [9.17, 15) is 14.7 Å². The zero-order valence-corrected chi connectivity index (χ0v) is 20.1. The largest absolute Gasteiger partial charge is 0.481 e. The molecule has 0 radical (unpaired) electrons. The molecular weight excluding hydrogens is 442 g/mol. The first-order valence-corrected chi connectivity index (χ1v) is 11.5. The number of rotatable bonds is 7. The highest BCUT2D eigenvalue weighted by Crippen LogP contribution is 2.26. The van der Waals surface area contributed by atoms with E-state index < -0.39 is 17.7 Å². The molecular formula is C28H29N3O4. The Labute approximate surface area is 204 Å². The number of nitrogens with one attached hydrogen (secondary N) is 1. The molecule has 0 aliphatic heterocycles. The van der Waals surface area contributed by atoms with Gasteiger partial charge in [0.25, 0.3) is 0 Å². The van der Waals surface area contributed by atoms with Crippen LogP contribution in [0.2, 0.25) is 0 Å². The van der Waals surface area contributed by atoms with Crippen LogP contribution in [0.4, 0.5) is 4.79 Å². The van der Waals surface area contributed by atoms with Crippen LogP contribution in [0.25, 0.3) is 22.0 Å². The van der Waals surface area contributed by atoms with E-state index in [2.05, 4.69) is 16.5 Å². The van der Waals surface area contributed by atoms with Gasteiger partial charge in [-0.3, -0.25) is 9.48 Å². The van der Waals surface area contributed by atoms with Gasteiger partial charge in [-0.25, -0.2) is 4.79 Å². The first kappa shape index (κ1) is 24.0. The van der Waals surface area contributed by atoms with Crippen LogP contribution in [-0.4, -0.2) is 32.6 Å². The number of carboxylic acids is 1. The summed E-state index contributed by atoms with van der Waals surface area (Å²) in [5.41, 5.74) is 5.14. The Morgan fingerprint density at radius 1 is 0.971 bits per heavy atom. The van der Waals surface area contributed by atoms with Gasteiger partial charge in [0.1, 0.15) is 5.60 Å². The number of benzene rings is 3. The van der Waals surface area contributed by atoms with Gasteiger partial charge in [0.2, 0.25) is 0 Å². The van der Waals surface area contributed by atoms with Crippen LogP contribution in [0.15, 0.2) is 72.9 Å². The first-order chi connectivity index (χ1) is 16.7. The number of aromatic nitrogens is 2. The van der Waals surface area contributed by atoms with Crippen molar-refractivity contribution in [3.8, 4) is 11.1 Å². The number of hydrogen-bond acceptors (Lipinski definition) is 4. The number of aliphatic carboxylic acids is 1. The van der Waals surface area contributed by atoms with Gasteiger partial charge >= 0.3 is 12.1 Å².